The molecule has 19 heavy (non-hydrogen) atoms. The first-order valence-electron chi connectivity index (χ1n) is 7.73. The fourth-order valence-electron chi connectivity index (χ4n) is 2.67. The van der Waals surface area contributed by atoms with Gasteiger partial charge in [0.05, 0.1) is 6.54 Å². The van der Waals surface area contributed by atoms with E-state index in [9.17, 15) is 4.79 Å². The van der Waals surface area contributed by atoms with Crippen LogP contribution in [0.2, 0.25) is 0 Å². The van der Waals surface area contributed by atoms with Crippen molar-refractivity contribution in [2.24, 2.45) is 17.6 Å². The maximum atomic E-state index is 12.0. The first-order chi connectivity index (χ1) is 9.01. The van der Waals surface area contributed by atoms with Crippen LogP contribution in [-0.4, -0.2) is 43.0 Å². The molecule has 0 bridgehead atoms. The number of carbonyl (C=O) groups is 1. The second-order valence-corrected chi connectivity index (χ2v) is 6.42. The summed E-state index contributed by atoms with van der Waals surface area (Å²) in [4.78, 5) is 14.2. The number of carbonyl (C=O) groups excluding carboxylic acids is 1. The number of nitrogens with zero attached hydrogens (tertiary/aromatic N) is 1. The molecule has 1 aliphatic rings. The Hall–Kier alpha value is -0.610. The standard InChI is InChI=1S/C15H31N3O/c1-12(2)6-7-13(3)17-15(19)11-18-8-4-5-14(9-16)10-18/h12-14H,4-11,16H2,1-3H3,(H,17,19). The molecule has 0 aromatic heterocycles. The number of amides is 1. The summed E-state index contributed by atoms with van der Waals surface area (Å²) in [5.74, 6) is 1.43. The monoisotopic (exact) mass is 269 g/mol. The van der Waals surface area contributed by atoms with Crippen molar-refractivity contribution in [2.45, 2.75) is 52.5 Å². The Bertz CT molecular complexity index is 268. The average Bonchev–Trinajstić information content (AvgIpc) is 2.36. The van der Waals surface area contributed by atoms with Gasteiger partial charge >= 0.3 is 0 Å². The van der Waals surface area contributed by atoms with E-state index >= 15 is 0 Å². The molecule has 2 unspecified atom stereocenters. The van der Waals surface area contributed by atoms with Crippen LogP contribution >= 0.6 is 0 Å². The molecule has 1 rings (SSSR count). The second kappa shape index (κ2) is 8.54. The van der Waals surface area contributed by atoms with Crippen molar-refractivity contribution in [1.29, 1.82) is 0 Å². The molecule has 112 valence electrons. The quantitative estimate of drug-likeness (QED) is 0.738. The summed E-state index contributed by atoms with van der Waals surface area (Å²) in [7, 11) is 0. The fourth-order valence-corrected chi connectivity index (χ4v) is 2.67. The number of hydrogen-bond donors (Lipinski definition) is 2. The van der Waals surface area contributed by atoms with Crippen LogP contribution in [0.15, 0.2) is 0 Å². The number of rotatable bonds is 7. The van der Waals surface area contributed by atoms with Crippen LogP contribution in [-0.2, 0) is 4.79 Å². The Morgan fingerprint density at radius 3 is 2.74 bits per heavy atom. The van der Waals surface area contributed by atoms with Gasteiger partial charge in [-0.2, -0.15) is 0 Å². The van der Waals surface area contributed by atoms with E-state index in [0.717, 1.165) is 32.5 Å². The van der Waals surface area contributed by atoms with E-state index in [4.69, 9.17) is 5.73 Å². The zero-order chi connectivity index (χ0) is 14.3. The Labute approximate surface area is 118 Å². The summed E-state index contributed by atoms with van der Waals surface area (Å²) in [5, 5.41) is 3.10. The molecule has 3 N–H and O–H groups in total. The van der Waals surface area contributed by atoms with Gasteiger partial charge in [-0.25, -0.2) is 0 Å². The van der Waals surface area contributed by atoms with Crippen molar-refractivity contribution in [1.82, 2.24) is 10.2 Å². The highest BCUT2D eigenvalue weighted by molar-refractivity contribution is 5.78. The first-order valence-corrected chi connectivity index (χ1v) is 7.73. The van der Waals surface area contributed by atoms with Crippen LogP contribution < -0.4 is 11.1 Å². The van der Waals surface area contributed by atoms with E-state index in [-0.39, 0.29) is 11.9 Å². The number of nitrogens with two attached hydrogens (primary N) is 1. The maximum absolute atomic E-state index is 12.0. The van der Waals surface area contributed by atoms with Crippen LogP contribution in [0.1, 0.15) is 46.5 Å². The number of likely N-dealkylation sites (tertiary alicyclic amines) is 1. The van der Waals surface area contributed by atoms with Gasteiger partial charge in [-0.15, -0.1) is 0 Å². The van der Waals surface area contributed by atoms with Crippen LogP contribution in [0.3, 0.4) is 0 Å². The zero-order valence-electron chi connectivity index (χ0n) is 12.8. The van der Waals surface area contributed by atoms with Crippen molar-refractivity contribution in [3.63, 3.8) is 0 Å². The van der Waals surface area contributed by atoms with Crippen LogP contribution in [0.5, 0.6) is 0 Å². The Balaban J connectivity index is 2.22. The van der Waals surface area contributed by atoms with E-state index in [2.05, 4.69) is 31.0 Å². The average molecular weight is 269 g/mol. The molecule has 1 saturated heterocycles. The number of nitrogens with one attached hydrogen (secondary N) is 1. The minimum Gasteiger partial charge on any atom is -0.353 e. The second-order valence-electron chi connectivity index (χ2n) is 6.42. The number of piperidine rings is 1. The van der Waals surface area contributed by atoms with Gasteiger partial charge in [0.2, 0.25) is 5.91 Å². The Morgan fingerprint density at radius 2 is 2.11 bits per heavy atom. The maximum Gasteiger partial charge on any atom is 0.234 e. The molecule has 0 saturated carbocycles. The predicted octanol–water partition coefficient (Wildman–Crippen LogP) is 1.60. The van der Waals surface area contributed by atoms with Crippen molar-refractivity contribution < 1.29 is 4.79 Å². The van der Waals surface area contributed by atoms with Crippen molar-refractivity contribution in [2.75, 3.05) is 26.2 Å². The van der Waals surface area contributed by atoms with Crippen molar-refractivity contribution in [3.05, 3.63) is 0 Å². The van der Waals surface area contributed by atoms with Gasteiger partial charge in [0.15, 0.2) is 0 Å². The molecule has 0 spiro atoms. The molecular formula is C15H31N3O. The van der Waals surface area contributed by atoms with Crippen LogP contribution in [0.4, 0.5) is 0 Å². The van der Waals surface area contributed by atoms with Gasteiger partial charge in [-0.3, -0.25) is 9.69 Å². The van der Waals surface area contributed by atoms with E-state index in [1.165, 1.54) is 12.8 Å². The number of hydrogen-bond acceptors (Lipinski definition) is 3. The van der Waals surface area contributed by atoms with E-state index in [1.807, 2.05) is 0 Å². The molecule has 0 radical (unpaired) electrons. The molecule has 1 aliphatic heterocycles. The third-order valence-corrected chi connectivity index (χ3v) is 3.89. The highest BCUT2D eigenvalue weighted by atomic mass is 16.2. The molecule has 1 amide bonds. The van der Waals surface area contributed by atoms with Crippen molar-refractivity contribution in [3.8, 4) is 0 Å². The van der Waals surface area contributed by atoms with Gasteiger partial charge < -0.3 is 11.1 Å². The third-order valence-electron chi connectivity index (χ3n) is 3.89. The zero-order valence-corrected chi connectivity index (χ0v) is 12.8. The summed E-state index contributed by atoms with van der Waals surface area (Å²) in [6.07, 6.45) is 4.60. The lowest BCUT2D eigenvalue weighted by atomic mass is 9.98. The predicted molar refractivity (Wildman–Crippen MR) is 79.9 cm³/mol. The molecule has 0 aromatic rings. The highest BCUT2D eigenvalue weighted by Gasteiger charge is 2.20. The van der Waals surface area contributed by atoms with Gasteiger partial charge in [0, 0.05) is 12.6 Å². The lowest BCUT2D eigenvalue weighted by Crippen LogP contribution is -2.45. The summed E-state index contributed by atoms with van der Waals surface area (Å²) in [6.45, 7) is 9.81. The summed E-state index contributed by atoms with van der Waals surface area (Å²) >= 11 is 0. The molecule has 4 nitrogen and oxygen atoms in total. The summed E-state index contributed by atoms with van der Waals surface area (Å²) < 4.78 is 0. The normalized spacial score (nSPS) is 22.5. The first kappa shape index (κ1) is 16.4. The minimum atomic E-state index is 0.161. The van der Waals surface area contributed by atoms with Gasteiger partial charge in [-0.05, 0) is 57.5 Å². The SMILES string of the molecule is CC(C)CCC(C)NC(=O)CN1CCCC(CN)C1. The van der Waals surface area contributed by atoms with Gasteiger partial charge in [0.25, 0.3) is 0 Å². The van der Waals surface area contributed by atoms with Crippen LogP contribution in [0.25, 0.3) is 0 Å². The van der Waals surface area contributed by atoms with E-state index in [0.29, 0.717) is 18.4 Å². The van der Waals surface area contributed by atoms with Gasteiger partial charge in [0.1, 0.15) is 0 Å². The van der Waals surface area contributed by atoms with Gasteiger partial charge in [-0.1, -0.05) is 13.8 Å². The molecule has 2 atom stereocenters. The lowest BCUT2D eigenvalue weighted by molar-refractivity contribution is -0.123. The molecule has 1 fully saturated rings. The third kappa shape index (κ3) is 6.92. The summed E-state index contributed by atoms with van der Waals surface area (Å²) in [5.41, 5.74) is 5.72. The lowest BCUT2D eigenvalue weighted by Gasteiger charge is -2.31. The molecular weight excluding hydrogens is 238 g/mol. The Kier molecular flexibility index (Phi) is 7.39. The van der Waals surface area contributed by atoms with Crippen molar-refractivity contribution >= 4 is 5.91 Å². The summed E-state index contributed by atoms with van der Waals surface area (Å²) in [6, 6.07) is 0.282. The smallest absolute Gasteiger partial charge is 0.234 e. The largest absolute Gasteiger partial charge is 0.353 e. The fraction of sp³-hybridized carbons (Fsp3) is 0.933. The molecule has 0 aromatic carbocycles. The Morgan fingerprint density at radius 1 is 1.37 bits per heavy atom. The van der Waals surface area contributed by atoms with E-state index in [1.54, 1.807) is 0 Å². The minimum absolute atomic E-state index is 0.161. The van der Waals surface area contributed by atoms with E-state index < -0.39 is 0 Å². The molecule has 0 aliphatic carbocycles. The highest BCUT2D eigenvalue weighted by Crippen LogP contribution is 2.14. The molecule has 4 heteroatoms. The molecule has 1 heterocycles. The topological polar surface area (TPSA) is 58.4 Å². The van der Waals surface area contributed by atoms with Crippen LogP contribution in [0, 0.1) is 11.8 Å².